The molecule has 7 nitrogen and oxygen atoms in total. The normalized spacial score (nSPS) is 17.1. The topological polar surface area (TPSA) is 97.1 Å². The minimum absolute atomic E-state index is 0.0937. The van der Waals surface area contributed by atoms with Crippen LogP contribution in [0.2, 0.25) is 0 Å². The van der Waals surface area contributed by atoms with E-state index in [-0.39, 0.29) is 5.91 Å². The quantitative estimate of drug-likeness (QED) is 0.557. The third-order valence-corrected chi connectivity index (χ3v) is 7.28. The summed E-state index contributed by atoms with van der Waals surface area (Å²) in [7, 11) is 1.56. The molecule has 0 unspecified atom stereocenters. The minimum atomic E-state index is 0.0937. The highest BCUT2D eigenvalue weighted by Crippen LogP contribution is 2.42. The van der Waals surface area contributed by atoms with Crippen LogP contribution in [0.5, 0.6) is 6.01 Å². The molecule has 1 aliphatic heterocycles. The maximum Gasteiger partial charge on any atom is 0.314 e. The van der Waals surface area contributed by atoms with Crippen molar-refractivity contribution >= 4 is 11.6 Å². The summed E-state index contributed by atoms with van der Waals surface area (Å²) >= 11 is 0. The lowest BCUT2D eigenvalue weighted by atomic mass is 9.77. The van der Waals surface area contributed by atoms with E-state index in [0.29, 0.717) is 23.7 Å². The highest BCUT2D eigenvalue weighted by atomic mass is 16.5. The molecule has 0 atom stereocenters. The molecule has 3 aromatic rings. The largest absolute Gasteiger partial charge is 0.467 e. The Bertz CT molecular complexity index is 1140. The van der Waals surface area contributed by atoms with Gasteiger partial charge in [0.05, 0.1) is 7.11 Å². The number of piperidine rings is 1. The molecule has 1 amide bonds. The summed E-state index contributed by atoms with van der Waals surface area (Å²) in [4.78, 5) is 18.7. The SMILES string of the molecule is COc1nnc(-c2cc(C(=O)N3CCC(c4ccc(N)cc4)CC3)c(C)cc2C2CCC2)[nH]1. The van der Waals surface area contributed by atoms with Crippen molar-refractivity contribution in [2.24, 2.45) is 0 Å². The van der Waals surface area contributed by atoms with E-state index in [0.717, 1.165) is 48.3 Å². The number of rotatable bonds is 5. The molecule has 2 fully saturated rings. The second kappa shape index (κ2) is 8.89. The van der Waals surface area contributed by atoms with Gasteiger partial charge < -0.3 is 15.4 Å². The number of nitrogens with one attached hydrogen (secondary N) is 1. The average molecular weight is 446 g/mol. The highest BCUT2D eigenvalue weighted by molar-refractivity contribution is 5.97. The third kappa shape index (κ3) is 4.19. The van der Waals surface area contributed by atoms with Crippen LogP contribution < -0.4 is 10.5 Å². The van der Waals surface area contributed by atoms with Gasteiger partial charge in [0.15, 0.2) is 5.82 Å². The lowest BCUT2D eigenvalue weighted by molar-refractivity contribution is 0.0712. The molecule has 7 heteroatoms. The first-order chi connectivity index (χ1) is 16.0. The van der Waals surface area contributed by atoms with Gasteiger partial charge in [0, 0.05) is 29.9 Å². The van der Waals surface area contributed by atoms with Gasteiger partial charge in [-0.3, -0.25) is 9.78 Å². The number of nitrogens with zero attached hydrogens (tertiary/aromatic N) is 3. The molecule has 1 saturated heterocycles. The van der Waals surface area contributed by atoms with Crippen LogP contribution in [0.4, 0.5) is 5.69 Å². The highest BCUT2D eigenvalue weighted by Gasteiger charge is 2.29. The molecular formula is C26H31N5O2. The van der Waals surface area contributed by atoms with E-state index in [2.05, 4.69) is 33.4 Å². The molecule has 2 aliphatic rings. The van der Waals surface area contributed by atoms with Gasteiger partial charge in [-0.25, -0.2) is 0 Å². The number of methoxy groups -OCH3 is 1. The van der Waals surface area contributed by atoms with Crippen LogP contribution in [0, 0.1) is 6.92 Å². The Morgan fingerprint density at radius 1 is 1.06 bits per heavy atom. The summed E-state index contributed by atoms with van der Waals surface area (Å²) in [6, 6.07) is 12.7. The molecule has 0 spiro atoms. The summed E-state index contributed by atoms with van der Waals surface area (Å²) in [5.41, 5.74) is 11.9. The minimum Gasteiger partial charge on any atom is -0.467 e. The van der Waals surface area contributed by atoms with Gasteiger partial charge in [-0.2, -0.15) is 0 Å². The smallest absolute Gasteiger partial charge is 0.314 e. The molecule has 2 heterocycles. The van der Waals surface area contributed by atoms with Crippen LogP contribution >= 0.6 is 0 Å². The van der Waals surface area contributed by atoms with Crippen LogP contribution in [0.1, 0.15) is 71.0 Å². The molecular weight excluding hydrogens is 414 g/mol. The van der Waals surface area contributed by atoms with E-state index < -0.39 is 0 Å². The number of carbonyl (C=O) groups is 1. The van der Waals surface area contributed by atoms with Crippen LogP contribution in [0.3, 0.4) is 0 Å². The number of aromatic nitrogens is 3. The summed E-state index contributed by atoms with van der Waals surface area (Å²) in [6.07, 6.45) is 5.50. The first-order valence-electron chi connectivity index (χ1n) is 11.8. The number of hydrogen-bond acceptors (Lipinski definition) is 5. The van der Waals surface area contributed by atoms with Gasteiger partial charge in [-0.1, -0.05) is 29.7 Å². The lowest BCUT2D eigenvalue weighted by Gasteiger charge is -2.33. The van der Waals surface area contributed by atoms with E-state index >= 15 is 0 Å². The number of benzene rings is 2. The van der Waals surface area contributed by atoms with Gasteiger partial charge in [0.1, 0.15) is 0 Å². The fourth-order valence-electron chi connectivity index (χ4n) is 5.04. The first-order valence-corrected chi connectivity index (χ1v) is 11.8. The number of ether oxygens (including phenoxy) is 1. The Hall–Kier alpha value is -3.35. The molecule has 1 aliphatic carbocycles. The maximum atomic E-state index is 13.6. The Labute approximate surface area is 194 Å². The number of aromatic amines is 1. The van der Waals surface area contributed by atoms with E-state index in [1.54, 1.807) is 7.11 Å². The summed E-state index contributed by atoms with van der Waals surface area (Å²) < 4.78 is 5.20. The number of hydrogen-bond donors (Lipinski definition) is 2. The summed E-state index contributed by atoms with van der Waals surface area (Å²) in [6.45, 7) is 3.55. The molecule has 172 valence electrons. The number of carbonyl (C=O) groups excluding carboxylic acids is 1. The maximum absolute atomic E-state index is 13.6. The zero-order valence-corrected chi connectivity index (χ0v) is 19.3. The van der Waals surface area contributed by atoms with Crippen molar-refractivity contribution in [3.8, 4) is 17.4 Å². The lowest BCUT2D eigenvalue weighted by Crippen LogP contribution is -2.38. The Morgan fingerprint density at radius 2 is 1.79 bits per heavy atom. The Balaban J connectivity index is 1.38. The van der Waals surface area contributed by atoms with Gasteiger partial charge in [-0.15, -0.1) is 5.10 Å². The molecule has 1 saturated carbocycles. The van der Waals surface area contributed by atoms with Crippen LogP contribution in [-0.4, -0.2) is 46.2 Å². The van der Waals surface area contributed by atoms with Crippen molar-refractivity contribution in [2.45, 2.75) is 50.9 Å². The Morgan fingerprint density at radius 3 is 2.39 bits per heavy atom. The van der Waals surface area contributed by atoms with Crippen molar-refractivity contribution < 1.29 is 9.53 Å². The van der Waals surface area contributed by atoms with Crippen molar-refractivity contribution in [3.05, 3.63) is 58.7 Å². The van der Waals surface area contributed by atoms with E-state index in [4.69, 9.17) is 10.5 Å². The van der Waals surface area contributed by atoms with Gasteiger partial charge in [0.2, 0.25) is 0 Å². The number of nitrogens with two attached hydrogens (primary N) is 1. The number of amides is 1. The van der Waals surface area contributed by atoms with Crippen molar-refractivity contribution in [3.63, 3.8) is 0 Å². The predicted octanol–water partition coefficient (Wildman–Crippen LogP) is 4.66. The molecule has 0 bridgehead atoms. The molecule has 5 rings (SSSR count). The van der Waals surface area contributed by atoms with Gasteiger partial charge in [0.25, 0.3) is 5.91 Å². The number of anilines is 1. The zero-order valence-electron chi connectivity index (χ0n) is 19.3. The van der Waals surface area contributed by atoms with Crippen LogP contribution in [0.25, 0.3) is 11.4 Å². The van der Waals surface area contributed by atoms with Crippen molar-refractivity contribution in [2.75, 3.05) is 25.9 Å². The summed E-state index contributed by atoms with van der Waals surface area (Å²) in [5, 5.41) is 8.34. The number of nitrogen functional groups attached to an aromatic ring is 1. The summed E-state index contributed by atoms with van der Waals surface area (Å²) in [5.74, 6) is 1.73. The van der Waals surface area contributed by atoms with Crippen molar-refractivity contribution in [1.82, 2.24) is 20.1 Å². The zero-order chi connectivity index (χ0) is 22.9. The molecule has 0 radical (unpaired) electrons. The standard InChI is InChI=1S/C26H31N5O2/c1-16-14-22(19-4-3-5-19)23(24-28-26(33-2)30-29-24)15-21(16)25(32)31-12-10-18(11-13-31)17-6-8-20(27)9-7-17/h6-9,14-15,18-19H,3-5,10-13,27H2,1-2H3,(H,28,29,30). The van der Waals surface area contributed by atoms with Gasteiger partial charge in [-0.05, 0) is 79.3 Å². The average Bonchev–Trinajstić information content (AvgIpc) is 3.27. The predicted molar refractivity (Wildman–Crippen MR) is 128 cm³/mol. The van der Waals surface area contributed by atoms with Crippen molar-refractivity contribution in [1.29, 1.82) is 0 Å². The van der Waals surface area contributed by atoms with Gasteiger partial charge >= 0.3 is 6.01 Å². The fraction of sp³-hybridized carbons (Fsp3) is 0.423. The fourth-order valence-corrected chi connectivity index (χ4v) is 5.04. The first kappa shape index (κ1) is 21.5. The number of H-pyrrole nitrogens is 1. The van der Waals surface area contributed by atoms with E-state index in [1.165, 1.54) is 30.4 Å². The second-order valence-electron chi connectivity index (χ2n) is 9.30. The molecule has 1 aromatic heterocycles. The molecule has 3 N–H and O–H groups in total. The monoisotopic (exact) mass is 445 g/mol. The number of aryl methyl sites for hydroxylation is 1. The molecule has 33 heavy (non-hydrogen) atoms. The number of likely N-dealkylation sites (tertiary alicyclic amines) is 1. The van der Waals surface area contributed by atoms with E-state index in [9.17, 15) is 4.79 Å². The third-order valence-electron chi connectivity index (χ3n) is 7.28. The van der Waals surface area contributed by atoms with Crippen LogP contribution in [0.15, 0.2) is 36.4 Å². The Kier molecular flexibility index (Phi) is 5.79. The second-order valence-corrected chi connectivity index (χ2v) is 9.30. The van der Waals surface area contributed by atoms with Crippen LogP contribution in [-0.2, 0) is 0 Å². The molecule has 2 aromatic carbocycles. The van der Waals surface area contributed by atoms with E-state index in [1.807, 2.05) is 30.0 Å².